The predicted molar refractivity (Wildman–Crippen MR) is 36.7 cm³/mol. The summed E-state index contributed by atoms with van der Waals surface area (Å²) in [5, 5.41) is 8.15. The second kappa shape index (κ2) is 4.33. The Hall–Kier alpha value is -0.740. The molecule has 72 valence electrons. The predicted octanol–water partition coefficient (Wildman–Crippen LogP) is 2.44. The van der Waals surface area contributed by atoms with E-state index >= 15 is 0 Å². The van der Waals surface area contributed by atoms with Gasteiger partial charge in [-0.3, -0.25) is 4.79 Å². The number of carboxylic acids is 1. The van der Waals surface area contributed by atoms with Gasteiger partial charge in [-0.1, -0.05) is 6.92 Å². The Morgan fingerprint density at radius 1 is 1.50 bits per heavy atom. The van der Waals surface area contributed by atoms with E-state index in [9.17, 15) is 18.0 Å². The van der Waals surface area contributed by atoms with E-state index in [1.807, 2.05) is 0 Å². The number of halogens is 3. The Morgan fingerprint density at radius 3 is 2.33 bits per heavy atom. The zero-order valence-corrected chi connectivity index (χ0v) is 6.69. The Kier molecular flexibility index (Phi) is 4.06. The fourth-order valence-electron chi connectivity index (χ4n) is 0.723. The number of carboxylic acid groups (broad SMARTS) is 1. The highest BCUT2D eigenvalue weighted by Gasteiger charge is 2.35. The largest absolute Gasteiger partial charge is 0.481 e. The molecule has 0 fully saturated rings. The molecule has 1 N–H and O–H groups in total. The molecule has 1 unspecified atom stereocenters. The van der Waals surface area contributed by atoms with Crippen molar-refractivity contribution in [3.63, 3.8) is 0 Å². The van der Waals surface area contributed by atoms with Gasteiger partial charge in [-0.25, -0.2) is 0 Å². The zero-order valence-electron chi connectivity index (χ0n) is 6.69. The summed E-state index contributed by atoms with van der Waals surface area (Å²) in [5.74, 6) is -2.46. The lowest BCUT2D eigenvalue weighted by atomic mass is 10.0. The zero-order chi connectivity index (χ0) is 9.78. The van der Waals surface area contributed by atoms with Crippen molar-refractivity contribution in [2.24, 2.45) is 5.92 Å². The molecule has 0 rings (SSSR count). The molecule has 5 heteroatoms. The summed E-state index contributed by atoms with van der Waals surface area (Å²) in [7, 11) is 0. The van der Waals surface area contributed by atoms with Crippen molar-refractivity contribution in [2.75, 3.05) is 0 Å². The lowest BCUT2D eigenvalue weighted by Gasteiger charge is -2.14. The van der Waals surface area contributed by atoms with E-state index in [0.717, 1.165) is 6.92 Å². The van der Waals surface area contributed by atoms with E-state index in [2.05, 4.69) is 0 Å². The van der Waals surface area contributed by atoms with Crippen LogP contribution in [0.3, 0.4) is 0 Å². The molecular formula is C7H11F3O2. The van der Waals surface area contributed by atoms with E-state index in [1.165, 1.54) is 0 Å². The van der Waals surface area contributed by atoms with E-state index in [-0.39, 0.29) is 19.3 Å². The third-order valence-corrected chi connectivity index (χ3v) is 1.59. The molecule has 0 heterocycles. The van der Waals surface area contributed by atoms with Crippen LogP contribution < -0.4 is 0 Å². The minimum atomic E-state index is -4.20. The van der Waals surface area contributed by atoms with Gasteiger partial charge in [0.2, 0.25) is 0 Å². The molecule has 0 saturated heterocycles. The van der Waals surface area contributed by atoms with Crippen molar-refractivity contribution < 1.29 is 23.1 Å². The van der Waals surface area contributed by atoms with Gasteiger partial charge in [0.15, 0.2) is 0 Å². The Morgan fingerprint density at radius 2 is 2.00 bits per heavy atom. The Labute approximate surface area is 68.4 Å². The SMILES string of the molecule is CC(CCCC(=O)O)C(F)(F)F. The van der Waals surface area contributed by atoms with Crippen LogP contribution in [0.4, 0.5) is 13.2 Å². The third kappa shape index (κ3) is 4.98. The third-order valence-electron chi connectivity index (χ3n) is 1.59. The average molecular weight is 184 g/mol. The maximum Gasteiger partial charge on any atom is 0.391 e. The first-order valence-corrected chi connectivity index (χ1v) is 3.62. The molecule has 0 saturated carbocycles. The van der Waals surface area contributed by atoms with Crippen LogP contribution in [0.25, 0.3) is 0 Å². The van der Waals surface area contributed by atoms with E-state index in [4.69, 9.17) is 5.11 Å². The summed E-state index contributed by atoms with van der Waals surface area (Å²) in [6.45, 7) is 1.06. The molecule has 12 heavy (non-hydrogen) atoms. The molecule has 1 atom stereocenters. The molecule has 0 aromatic heterocycles. The molecule has 0 aromatic carbocycles. The minimum absolute atomic E-state index is 0.0794. The summed E-state index contributed by atoms with van der Waals surface area (Å²) in [5.41, 5.74) is 0. The van der Waals surface area contributed by atoms with E-state index in [0.29, 0.717) is 0 Å². The van der Waals surface area contributed by atoms with Crippen molar-refractivity contribution in [3.8, 4) is 0 Å². The maximum absolute atomic E-state index is 11.8. The van der Waals surface area contributed by atoms with Crippen LogP contribution in [0.2, 0.25) is 0 Å². The minimum Gasteiger partial charge on any atom is -0.481 e. The molecule has 2 nitrogen and oxygen atoms in total. The molecule has 0 aliphatic heterocycles. The average Bonchev–Trinajstić information content (AvgIpc) is 1.84. The van der Waals surface area contributed by atoms with Crippen molar-refractivity contribution in [1.29, 1.82) is 0 Å². The van der Waals surface area contributed by atoms with Gasteiger partial charge < -0.3 is 5.11 Å². The smallest absolute Gasteiger partial charge is 0.391 e. The van der Waals surface area contributed by atoms with Gasteiger partial charge in [-0.2, -0.15) is 13.2 Å². The molecule has 0 spiro atoms. The summed E-state index contributed by atoms with van der Waals surface area (Å²) >= 11 is 0. The van der Waals surface area contributed by atoms with Crippen molar-refractivity contribution in [2.45, 2.75) is 32.4 Å². The molecule has 0 radical (unpaired) electrons. The van der Waals surface area contributed by atoms with Crippen LogP contribution >= 0.6 is 0 Å². The molecular weight excluding hydrogens is 173 g/mol. The van der Waals surface area contributed by atoms with Gasteiger partial charge in [0, 0.05) is 6.42 Å². The van der Waals surface area contributed by atoms with Crippen molar-refractivity contribution in [1.82, 2.24) is 0 Å². The lowest BCUT2D eigenvalue weighted by molar-refractivity contribution is -0.171. The van der Waals surface area contributed by atoms with Crippen LogP contribution in [-0.4, -0.2) is 17.3 Å². The van der Waals surface area contributed by atoms with Crippen molar-refractivity contribution >= 4 is 5.97 Å². The van der Waals surface area contributed by atoms with Gasteiger partial charge >= 0.3 is 12.1 Å². The highest BCUT2D eigenvalue weighted by atomic mass is 19.4. The van der Waals surface area contributed by atoms with Crippen LogP contribution in [0.1, 0.15) is 26.2 Å². The summed E-state index contributed by atoms with van der Waals surface area (Å²) in [6.07, 6.45) is -4.43. The van der Waals surface area contributed by atoms with Gasteiger partial charge in [-0.15, -0.1) is 0 Å². The van der Waals surface area contributed by atoms with Gasteiger partial charge in [0.1, 0.15) is 0 Å². The van der Waals surface area contributed by atoms with Gasteiger partial charge in [0.25, 0.3) is 0 Å². The van der Waals surface area contributed by atoms with E-state index < -0.39 is 18.1 Å². The maximum atomic E-state index is 11.8. The van der Waals surface area contributed by atoms with Crippen LogP contribution in [-0.2, 0) is 4.79 Å². The standard InChI is InChI=1S/C7H11F3O2/c1-5(7(8,9)10)3-2-4-6(11)12/h5H,2-4H2,1H3,(H,11,12). The quantitative estimate of drug-likeness (QED) is 0.728. The molecule has 0 amide bonds. The summed E-state index contributed by atoms with van der Waals surface area (Å²) in [6, 6.07) is 0. The van der Waals surface area contributed by atoms with Crippen LogP contribution in [0.15, 0.2) is 0 Å². The van der Waals surface area contributed by atoms with Gasteiger partial charge in [-0.05, 0) is 12.8 Å². The first-order chi connectivity index (χ1) is 5.34. The monoisotopic (exact) mass is 184 g/mol. The second-order valence-electron chi connectivity index (χ2n) is 2.73. The number of hydrogen-bond acceptors (Lipinski definition) is 1. The van der Waals surface area contributed by atoms with Crippen LogP contribution in [0, 0.1) is 5.92 Å². The number of hydrogen-bond donors (Lipinski definition) is 1. The fourth-order valence-corrected chi connectivity index (χ4v) is 0.723. The fraction of sp³-hybridized carbons (Fsp3) is 0.857. The molecule has 0 aromatic rings. The second-order valence-corrected chi connectivity index (χ2v) is 2.73. The van der Waals surface area contributed by atoms with Crippen LogP contribution in [0.5, 0.6) is 0 Å². The van der Waals surface area contributed by atoms with Crippen molar-refractivity contribution in [3.05, 3.63) is 0 Å². The Balaban J connectivity index is 3.58. The molecule has 0 aliphatic rings. The topological polar surface area (TPSA) is 37.3 Å². The summed E-state index contributed by atoms with van der Waals surface area (Å²) < 4.78 is 35.5. The van der Waals surface area contributed by atoms with E-state index in [1.54, 1.807) is 0 Å². The molecule has 0 aliphatic carbocycles. The van der Waals surface area contributed by atoms with Gasteiger partial charge in [0.05, 0.1) is 5.92 Å². The highest BCUT2D eigenvalue weighted by Crippen LogP contribution is 2.29. The molecule has 0 bridgehead atoms. The first kappa shape index (κ1) is 11.3. The highest BCUT2D eigenvalue weighted by molar-refractivity contribution is 5.66. The Bertz CT molecular complexity index is 153. The normalized spacial score (nSPS) is 14.3. The number of alkyl halides is 3. The number of rotatable bonds is 4. The number of carbonyl (C=O) groups is 1. The first-order valence-electron chi connectivity index (χ1n) is 3.62. The lowest BCUT2D eigenvalue weighted by Crippen LogP contribution is -2.19. The summed E-state index contributed by atoms with van der Waals surface area (Å²) in [4.78, 5) is 9.95. The number of aliphatic carboxylic acids is 1.